The molecule has 2 aliphatic heterocycles. The van der Waals surface area contributed by atoms with Gasteiger partial charge in [-0.3, -0.25) is 0 Å². The molecular formula is C14H25ClN4O2S. The van der Waals surface area contributed by atoms with Crippen LogP contribution in [0, 0.1) is 0 Å². The number of nitrogens with zero attached hydrogens (tertiary/aromatic N) is 3. The highest BCUT2D eigenvalue weighted by molar-refractivity contribution is 7.89. The monoisotopic (exact) mass is 348 g/mol. The van der Waals surface area contributed by atoms with Crippen LogP contribution in [-0.4, -0.2) is 48.0 Å². The Morgan fingerprint density at radius 3 is 2.91 bits per heavy atom. The van der Waals surface area contributed by atoms with Crippen LogP contribution in [0.25, 0.3) is 0 Å². The Kier molecular flexibility index (Phi) is 5.87. The second-order valence-corrected chi connectivity index (χ2v) is 7.75. The molecule has 1 atom stereocenters. The molecule has 3 rings (SSSR count). The molecule has 6 nitrogen and oxygen atoms in total. The normalized spacial score (nSPS) is 22.9. The maximum atomic E-state index is 12.9. The van der Waals surface area contributed by atoms with Crippen molar-refractivity contribution in [3.05, 3.63) is 12.0 Å². The van der Waals surface area contributed by atoms with Gasteiger partial charge in [-0.05, 0) is 19.3 Å². The van der Waals surface area contributed by atoms with Crippen molar-refractivity contribution >= 4 is 22.4 Å². The van der Waals surface area contributed by atoms with Crippen molar-refractivity contribution in [3.63, 3.8) is 0 Å². The van der Waals surface area contributed by atoms with Crippen LogP contribution < -0.4 is 5.32 Å². The highest BCUT2D eigenvalue weighted by Crippen LogP contribution is 2.23. The van der Waals surface area contributed by atoms with Crippen LogP contribution in [0.4, 0.5) is 0 Å². The number of hydrogen-bond donors (Lipinski definition) is 1. The second-order valence-electron chi connectivity index (χ2n) is 5.91. The van der Waals surface area contributed by atoms with Gasteiger partial charge in [-0.2, -0.15) is 4.31 Å². The fraction of sp³-hybridized carbons (Fsp3) is 0.786. The average Bonchev–Trinajstić information content (AvgIpc) is 2.93. The molecule has 0 amide bonds. The minimum absolute atomic E-state index is 0. The zero-order valence-corrected chi connectivity index (χ0v) is 14.6. The number of rotatable bonds is 4. The summed E-state index contributed by atoms with van der Waals surface area (Å²) in [5.41, 5.74) is 0. The van der Waals surface area contributed by atoms with Gasteiger partial charge in [0.2, 0.25) is 0 Å². The molecule has 1 aromatic rings. The van der Waals surface area contributed by atoms with Gasteiger partial charge in [0.25, 0.3) is 10.0 Å². The van der Waals surface area contributed by atoms with Gasteiger partial charge in [0.15, 0.2) is 5.03 Å². The van der Waals surface area contributed by atoms with Crippen LogP contribution >= 0.6 is 12.4 Å². The van der Waals surface area contributed by atoms with Crippen molar-refractivity contribution in [1.29, 1.82) is 0 Å². The molecule has 1 N–H and O–H groups in total. The first kappa shape index (κ1) is 17.7. The van der Waals surface area contributed by atoms with Crippen molar-refractivity contribution in [3.8, 4) is 0 Å². The van der Waals surface area contributed by atoms with E-state index in [9.17, 15) is 8.42 Å². The molecule has 0 aromatic carbocycles. The Hall–Kier alpha value is -0.630. The highest BCUT2D eigenvalue weighted by Gasteiger charge is 2.35. The van der Waals surface area contributed by atoms with E-state index in [2.05, 4.69) is 17.2 Å². The van der Waals surface area contributed by atoms with E-state index in [1.54, 1.807) is 10.5 Å². The summed E-state index contributed by atoms with van der Waals surface area (Å²) < 4.78 is 29.5. The lowest BCUT2D eigenvalue weighted by Gasteiger charge is -2.34. The summed E-state index contributed by atoms with van der Waals surface area (Å²) in [5.74, 6) is 0.919. The predicted molar refractivity (Wildman–Crippen MR) is 87.9 cm³/mol. The quantitative estimate of drug-likeness (QED) is 0.893. The van der Waals surface area contributed by atoms with Gasteiger partial charge >= 0.3 is 0 Å². The van der Waals surface area contributed by atoms with Crippen LogP contribution in [0.3, 0.4) is 0 Å². The molecule has 1 fully saturated rings. The van der Waals surface area contributed by atoms with E-state index in [0.717, 1.165) is 51.0 Å². The Morgan fingerprint density at radius 1 is 1.36 bits per heavy atom. The summed E-state index contributed by atoms with van der Waals surface area (Å²) in [6.07, 6.45) is 6.69. The molecule has 1 saturated heterocycles. The van der Waals surface area contributed by atoms with Crippen LogP contribution in [0.2, 0.25) is 0 Å². The minimum Gasteiger partial charge on any atom is -0.333 e. The zero-order chi connectivity index (χ0) is 14.9. The first-order valence-electron chi connectivity index (χ1n) is 7.91. The van der Waals surface area contributed by atoms with Crippen molar-refractivity contribution in [1.82, 2.24) is 19.2 Å². The summed E-state index contributed by atoms with van der Waals surface area (Å²) in [6, 6.07) is 0.0486. The smallest absolute Gasteiger partial charge is 0.262 e. The Labute approximate surface area is 138 Å². The standard InChI is InChI=1S/C14H24N4O2S.ClH/c1-2-5-12-10-15-7-9-18(12)21(19,20)14-11-17-8-4-3-6-13(17)16-14;/h11-12,15H,2-10H2,1H3;1H. The molecule has 2 aliphatic rings. The third-order valence-electron chi connectivity index (χ3n) is 4.38. The van der Waals surface area contributed by atoms with E-state index in [-0.39, 0.29) is 23.5 Å². The number of imidazole rings is 1. The number of nitrogens with one attached hydrogen (secondary N) is 1. The SMILES string of the molecule is CCCC1CNCCN1S(=O)(=O)c1cn2c(n1)CCCC2.Cl. The third kappa shape index (κ3) is 3.32. The summed E-state index contributed by atoms with van der Waals surface area (Å²) in [5, 5.41) is 3.53. The predicted octanol–water partition coefficient (Wildman–Crippen LogP) is 1.40. The van der Waals surface area contributed by atoms with Crippen molar-refractivity contribution in [2.45, 2.75) is 56.6 Å². The number of sulfonamides is 1. The molecule has 3 heterocycles. The van der Waals surface area contributed by atoms with Crippen molar-refractivity contribution in [2.75, 3.05) is 19.6 Å². The van der Waals surface area contributed by atoms with E-state index in [4.69, 9.17) is 0 Å². The Morgan fingerprint density at radius 2 is 2.18 bits per heavy atom. The van der Waals surface area contributed by atoms with Gasteiger partial charge in [-0.1, -0.05) is 13.3 Å². The average molecular weight is 349 g/mol. The molecule has 126 valence electrons. The summed E-state index contributed by atoms with van der Waals surface area (Å²) in [7, 11) is -3.47. The topological polar surface area (TPSA) is 67.2 Å². The van der Waals surface area contributed by atoms with Crippen molar-refractivity contribution < 1.29 is 8.42 Å². The summed E-state index contributed by atoms with van der Waals surface area (Å²) in [4.78, 5) is 4.41. The van der Waals surface area contributed by atoms with E-state index in [0.29, 0.717) is 13.1 Å². The molecule has 1 unspecified atom stereocenters. The Balaban J connectivity index is 0.00000176. The zero-order valence-electron chi connectivity index (χ0n) is 13.0. The lowest BCUT2D eigenvalue weighted by atomic mass is 10.1. The van der Waals surface area contributed by atoms with E-state index in [1.165, 1.54) is 0 Å². The van der Waals surface area contributed by atoms with Crippen molar-refractivity contribution in [2.24, 2.45) is 0 Å². The number of halogens is 1. The van der Waals surface area contributed by atoms with Crippen LogP contribution in [0.5, 0.6) is 0 Å². The van der Waals surface area contributed by atoms with Gasteiger partial charge in [0, 0.05) is 44.8 Å². The molecule has 0 aliphatic carbocycles. The largest absolute Gasteiger partial charge is 0.333 e. The summed E-state index contributed by atoms with van der Waals surface area (Å²) >= 11 is 0. The lowest BCUT2D eigenvalue weighted by molar-refractivity contribution is 0.254. The number of aromatic nitrogens is 2. The van der Waals surface area contributed by atoms with E-state index in [1.807, 2.05) is 4.57 Å². The van der Waals surface area contributed by atoms with Gasteiger partial charge in [-0.25, -0.2) is 13.4 Å². The van der Waals surface area contributed by atoms with Crippen LogP contribution in [-0.2, 0) is 23.0 Å². The summed E-state index contributed by atoms with van der Waals surface area (Å²) in [6.45, 7) is 4.97. The van der Waals surface area contributed by atoms with Gasteiger partial charge in [0.05, 0.1) is 0 Å². The maximum absolute atomic E-state index is 12.9. The second kappa shape index (κ2) is 7.29. The molecule has 0 spiro atoms. The molecule has 0 saturated carbocycles. The maximum Gasteiger partial charge on any atom is 0.262 e. The van der Waals surface area contributed by atoms with Crippen LogP contribution in [0.15, 0.2) is 11.2 Å². The van der Waals surface area contributed by atoms with E-state index < -0.39 is 10.0 Å². The fourth-order valence-corrected chi connectivity index (χ4v) is 4.89. The number of piperazine rings is 1. The number of hydrogen-bond acceptors (Lipinski definition) is 4. The number of fused-ring (bicyclic) bond motifs is 1. The fourth-order valence-electron chi connectivity index (χ4n) is 3.27. The Bertz CT molecular complexity index is 576. The molecule has 1 aromatic heterocycles. The molecular weight excluding hydrogens is 324 g/mol. The number of aryl methyl sites for hydroxylation is 2. The van der Waals surface area contributed by atoms with Gasteiger partial charge in [-0.15, -0.1) is 12.4 Å². The first-order valence-corrected chi connectivity index (χ1v) is 9.35. The lowest BCUT2D eigenvalue weighted by Crippen LogP contribution is -2.53. The van der Waals surface area contributed by atoms with Gasteiger partial charge in [0.1, 0.15) is 5.82 Å². The molecule has 8 heteroatoms. The third-order valence-corrected chi connectivity index (χ3v) is 6.20. The molecule has 0 bridgehead atoms. The molecule has 22 heavy (non-hydrogen) atoms. The van der Waals surface area contributed by atoms with Gasteiger partial charge < -0.3 is 9.88 Å². The van der Waals surface area contributed by atoms with E-state index >= 15 is 0 Å². The minimum atomic E-state index is -3.47. The molecule has 0 radical (unpaired) electrons. The highest BCUT2D eigenvalue weighted by atomic mass is 35.5. The van der Waals surface area contributed by atoms with Crippen LogP contribution in [0.1, 0.15) is 38.4 Å². The first-order chi connectivity index (χ1) is 10.1.